The molecule has 0 saturated carbocycles. The highest BCUT2D eigenvalue weighted by molar-refractivity contribution is 6.09. The van der Waals surface area contributed by atoms with Gasteiger partial charge in [-0.1, -0.05) is 132 Å². The molecule has 2 nitrogen and oxygen atoms in total. The van der Waals surface area contributed by atoms with E-state index in [4.69, 9.17) is 0 Å². The molecular formula is C51H55N2+. The lowest BCUT2D eigenvalue weighted by molar-refractivity contribution is -0.438. The lowest BCUT2D eigenvalue weighted by atomic mass is 9.79. The highest BCUT2D eigenvalue weighted by atomic mass is 15.2. The van der Waals surface area contributed by atoms with Crippen LogP contribution in [-0.4, -0.2) is 23.4 Å². The summed E-state index contributed by atoms with van der Waals surface area (Å²) in [6.45, 7) is 16.4. The van der Waals surface area contributed by atoms with Crippen LogP contribution in [0, 0.1) is 0 Å². The predicted molar refractivity (Wildman–Crippen MR) is 230 cm³/mol. The fraction of sp³-hybridized carbons (Fsp3) is 0.314. The average molecular weight is 696 g/mol. The van der Waals surface area contributed by atoms with Gasteiger partial charge in [-0.25, -0.2) is 0 Å². The zero-order valence-electron chi connectivity index (χ0n) is 32.7. The number of fused-ring (bicyclic) bond motifs is 7. The van der Waals surface area contributed by atoms with Crippen molar-refractivity contribution in [2.24, 2.45) is 0 Å². The second kappa shape index (κ2) is 14.1. The van der Waals surface area contributed by atoms with Crippen LogP contribution in [0.25, 0.3) is 32.7 Å². The summed E-state index contributed by atoms with van der Waals surface area (Å²) in [4.78, 5) is 2.62. The highest BCUT2D eigenvalue weighted by Crippen LogP contribution is 2.51. The van der Waals surface area contributed by atoms with Gasteiger partial charge in [0.05, 0.1) is 5.41 Å². The van der Waals surface area contributed by atoms with Crippen LogP contribution in [0.5, 0.6) is 0 Å². The largest absolute Gasteiger partial charge is 0.344 e. The van der Waals surface area contributed by atoms with E-state index in [2.05, 4.69) is 178 Å². The number of nitrogens with zero attached hydrogens (tertiary/aromatic N) is 2. The van der Waals surface area contributed by atoms with E-state index in [9.17, 15) is 0 Å². The van der Waals surface area contributed by atoms with E-state index in [0.717, 1.165) is 13.1 Å². The number of hydrogen-bond donors (Lipinski definition) is 0. The second-order valence-electron chi connectivity index (χ2n) is 16.4. The lowest BCUT2D eigenvalue weighted by Crippen LogP contribution is -2.28. The molecule has 0 unspecified atom stereocenters. The van der Waals surface area contributed by atoms with E-state index >= 15 is 0 Å². The first-order valence-corrected chi connectivity index (χ1v) is 20.1. The van der Waals surface area contributed by atoms with Crippen LogP contribution in [0.15, 0.2) is 133 Å². The van der Waals surface area contributed by atoms with E-state index < -0.39 is 0 Å². The Morgan fingerprint density at radius 3 is 1.98 bits per heavy atom. The lowest BCUT2D eigenvalue weighted by Gasteiger charge is -2.27. The Bertz CT molecular complexity index is 2370. The molecule has 5 aromatic carbocycles. The van der Waals surface area contributed by atoms with E-state index in [0.29, 0.717) is 0 Å². The Kier molecular flexibility index (Phi) is 9.35. The van der Waals surface area contributed by atoms with E-state index in [1.165, 1.54) is 116 Å². The van der Waals surface area contributed by atoms with Crippen molar-refractivity contribution in [2.75, 3.05) is 18.0 Å². The quantitative estimate of drug-likeness (QED) is 0.0985. The molecule has 2 heteroatoms. The minimum Gasteiger partial charge on any atom is -0.344 e. The number of unbranched alkanes of at least 4 members (excludes halogenated alkanes) is 4. The van der Waals surface area contributed by atoms with Crippen molar-refractivity contribution < 1.29 is 4.58 Å². The molecule has 0 saturated heterocycles. The van der Waals surface area contributed by atoms with Gasteiger partial charge in [0.25, 0.3) is 0 Å². The predicted octanol–water partition coefficient (Wildman–Crippen LogP) is 13.5. The number of anilines is 1. The van der Waals surface area contributed by atoms with Crippen LogP contribution in [0.4, 0.5) is 11.4 Å². The fourth-order valence-corrected chi connectivity index (χ4v) is 9.52. The average Bonchev–Trinajstić information content (AvgIpc) is 3.71. The van der Waals surface area contributed by atoms with Crippen LogP contribution in [0.3, 0.4) is 0 Å². The van der Waals surface area contributed by atoms with Crippen LogP contribution in [0.2, 0.25) is 0 Å². The maximum Gasteiger partial charge on any atom is 0.210 e. The zero-order chi connectivity index (χ0) is 36.7. The third-order valence-corrected chi connectivity index (χ3v) is 12.2. The Labute approximate surface area is 317 Å². The van der Waals surface area contributed by atoms with Crippen molar-refractivity contribution in [3.8, 4) is 0 Å². The summed E-state index contributed by atoms with van der Waals surface area (Å²) in [6.07, 6.45) is 19.4. The monoisotopic (exact) mass is 695 g/mol. The van der Waals surface area contributed by atoms with Crippen LogP contribution >= 0.6 is 0 Å². The molecule has 0 bridgehead atoms. The second-order valence-corrected chi connectivity index (χ2v) is 16.4. The Balaban J connectivity index is 1.20. The molecule has 1 aliphatic carbocycles. The van der Waals surface area contributed by atoms with Crippen molar-refractivity contribution in [3.63, 3.8) is 0 Å². The molecule has 3 aliphatic rings. The van der Waals surface area contributed by atoms with Crippen LogP contribution in [0.1, 0.15) is 102 Å². The number of benzene rings is 5. The van der Waals surface area contributed by atoms with Crippen molar-refractivity contribution in [1.29, 1.82) is 0 Å². The molecule has 53 heavy (non-hydrogen) atoms. The molecule has 2 aliphatic heterocycles. The topological polar surface area (TPSA) is 6.25 Å². The molecule has 268 valence electrons. The molecule has 0 fully saturated rings. The molecule has 0 aromatic heterocycles. The summed E-state index contributed by atoms with van der Waals surface area (Å²) in [5.74, 6) is 0. The van der Waals surface area contributed by atoms with Crippen molar-refractivity contribution in [2.45, 2.75) is 90.9 Å². The molecule has 0 spiro atoms. The van der Waals surface area contributed by atoms with Gasteiger partial charge in [-0.3, -0.25) is 0 Å². The maximum atomic E-state index is 2.62. The molecule has 8 rings (SSSR count). The third-order valence-electron chi connectivity index (χ3n) is 12.2. The van der Waals surface area contributed by atoms with E-state index in [1.54, 1.807) is 0 Å². The molecule has 0 atom stereocenters. The molecular weight excluding hydrogens is 641 g/mol. The molecule has 2 heterocycles. The van der Waals surface area contributed by atoms with Crippen LogP contribution in [-0.2, 0) is 10.8 Å². The van der Waals surface area contributed by atoms with Gasteiger partial charge in [0.1, 0.15) is 6.54 Å². The summed E-state index contributed by atoms with van der Waals surface area (Å²) < 4.78 is 2.62. The first-order chi connectivity index (χ1) is 25.8. The molecule has 5 aromatic rings. The van der Waals surface area contributed by atoms with Gasteiger partial charge in [0.2, 0.25) is 5.69 Å². The van der Waals surface area contributed by atoms with E-state index in [1.807, 2.05) is 0 Å². The minimum atomic E-state index is -0.116. The van der Waals surface area contributed by atoms with Crippen molar-refractivity contribution >= 4 is 49.8 Å². The summed E-state index contributed by atoms with van der Waals surface area (Å²) in [6, 6.07) is 36.1. The summed E-state index contributed by atoms with van der Waals surface area (Å²) >= 11 is 0. The van der Waals surface area contributed by atoms with Gasteiger partial charge in [0.15, 0.2) is 5.71 Å². The molecule has 0 N–H and O–H groups in total. The van der Waals surface area contributed by atoms with Crippen molar-refractivity contribution in [1.82, 2.24) is 0 Å². The van der Waals surface area contributed by atoms with Gasteiger partial charge in [-0.05, 0) is 106 Å². The summed E-state index contributed by atoms with van der Waals surface area (Å²) in [7, 11) is 0. The van der Waals surface area contributed by atoms with Gasteiger partial charge in [-0.15, -0.1) is 0 Å². The molecule has 0 radical (unpaired) electrons. The number of allylic oxidation sites excluding steroid dienone is 8. The normalized spacial score (nSPS) is 18.5. The molecule has 0 amide bonds. The SMILES string of the molecule is CCCCCN1/C(=C/C=C2C=C(/C=C/C3=[N+](CCCCC)c4ccc5ccccc5c4C3(C)C)c3ccccc3/2)C(C)(C)c2c1ccc1ccccc21. The summed E-state index contributed by atoms with van der Waals surface area (Å²) in [5.41, 5.74) is 13.4. The minimum absolute atomic E-state index is 0.116. The first kappa shape index (κ1) is 35.1. The number of rotatable bonds is 11. The zero-order valence-corrected chi connectivity index (χ0v) is 32.7. The Morgan fingerprint density at radius 2 is 1.25 bits per heavy atom. The summed E-state index contributed by atoms with van der Waals surface area (Å²) in [5, 5.41) is 5.38. The highest BCUT2D eigenvalue weighted by Gasteiger charge is 2.45. The fourth-order valence-electron chi connectivity index (χ4n) is 9.52. The van der Waals surface area contributed by atoms with Crippen LogP contribution < -0.4 is 4.90 Å². The van der Waals surface area contributed by atoms with Gasteiger partial charge < -0.3 is 4.90 Å². The first-order valence-electron chi connectivity index (χ1n) is 20.1. The maximum absolute atomic E-state index is 2.62. The number of hydrogen-bond acceptors (Lipinski definition) is 1. The Hall–Kier alpha value is -4.95. The standard InChI is InChI=1S/C51H55N2/c1-7-9-17-33-52-44-29-25-36-19-11-13-23-42(36)48(44)50(3,4)46(52)31-27-38-35-39(41-22-16-15-21-40(38)41)28-32-47-51(5,6)49-43-24-14-12-20-37(43)26-30-45(49)53(47)34-18-10-8-2/h11-16,19-32,35H,7-10,17-18,33-34H2,1-6H3/q+1. The Morgan fingerprint density at radius 1 is 0.604 bits per heavy atom. The van der Waals surface area contributed by atoms with E-state index in [-0.39, 0.29) is 10.8 Å². The van der Waals surface area contributed by atoms with Crippen molar-refractivity contribution in [3.05, 3.63) is 155 Å². The smallest absolute Gasteiger partial charge is 0.210 e. The third kappa shape index (κ3) is 6.01. The van der Waals surface area contributed by atoms with Gasteiger partial charge >= 0.3 is 0 Å². The van der Waals surface area contributed by atoms with Gasteiger partial charge in [0, 0.05) is 47.5 Å². The van der Waals surface area contributed by atoms with Gasteiger partial charge in [-0.2, -0.15) is 4.58 Å².